The Kier molecular flexibility index (Phi) is 2.80. The van der Waals surface area contributed by atoms with E-state index in [4.69, 9.17) is 4.74 Å². The normalized spacial score (nSPS) is 21.8. The number of likely N-dealkylation sites (N-methyl/N-ethyl adjacent to an activating group) is 1. The summed E-state index contributed by atoms with van der Waals surface area (Å²) in [4.78, 5) is 1.98. The standard InChI is InChI=1S/C12H16FNO/c1-3-9(13)11-8-15-12-7-5-4-6-10(12)14(11)2/h4-7,9,11H,3,8H2,1-2H3. The van der Waals surface area contributed by atoms with E-state index in [0.717, 1.165) is 11.4 Å². The Hall–Kier alpha value is -1.25. The van der Waals surface area contributed by atoms with Gasteiger partial charge in [0.1, 0.15) is 18.5 Å². The lowest BCUT2D eigenvalue weighted by atomic mass is 10.1. The van der Waals surface area contributed by atoms with Crippen LogP contribution in [0.5, 0.6) is 5.75 Å². The van der Waals surface area contributed by atoms with Gasteiger partial charge in [-0.3, -0.25) is 0 Å². The van der Waals surface area contributed by atoms with Gasteiger partial charge in [-0.1, -0.05) is 19.1 Å². The molecular weight excluding hydrogens is 193 g/mol. The Morgan fingerprint density at radius 2 is 2.27 bits per heavy atom. The van der Waals surface area contributed by atoms with E-state index in [1.807, 2.05) is 43.1 Å². The van der Waals surface area contributed by atoms with Crippen LogP contribution in [0, 0.1) is 0 Å². The molecule has 0 fully saturated rings. The molecule has 2 unspecified atom stereocenters. The lowest BCUT2D eigenvalue weighted by Crippen LogP contribution is -2.46. The van der Waals surface area contributed by atoms with Crippen LogP contribution in [0.4, 0.5) is 10.1 Å². The van der Waals surface area contributed by atoms with Gasteiger partial charge >= 0.3 is 0 Å². The highest BCUT2D eigenvalue weighted by molar-refractivity contribution is 5.60. The Bertz CT molecular complexity index is 342. The molecule has 1 heterocycles. The van der Waals surface area contributed by atoms with Crippen molar-refractivity contribution in [1.29, 1.82) is 0 Å². The summed E-state index contributed by atoms with van der Waals surface area (Å²) >= 11 is 0. The van der Waals surface area contributed by atoms with Crippen LogP contribution >= 0.6 is 0 Å². The molecule has 0 aliphatic carbocycles. The maximum Gasteiger partial charge on any atom is 0.142 e. The van der Waals surface area contributed by atoms with Crippen molar-refractivity contribution in [1.82, 2.24) is 0 Å². The maximum atomic E-state index is 13.6. The average molecular weight is 209 g/mol. The fourth-order valence-corrected chi connectivity index (χ4v) is 1.96. The predicted molar refractivity (Wildman–Crippen MR) is 59.3 cm³/mol. The zero-order valence-electron chi connectivity index (χ0n) is 9.11. The number of ether oxygens (including phenoxy) is 1. The predicted octanol–water partition coefficient (Wildman–Crippen LogP) is 2.63. The molecule has 0 amide bonds. The molecular formula is C12H16FNO. The lowest BCUT2D eigenvalue weighted by molar-refractivity contribution is 0.182. The molecule has 1 aromatic rings. The minimum absolute atomic E-state index is 0.162. The van der Waals surface area contributed by atoms with E-state index in [-0.39, 0.29) is 6.04 Å². The van der Waals surface area contributed by atoms with Gasteiger partial charge in [-0.05, 0) is 18.6 Å². The minimum Gasteiger partial charge on any atom is -0.489 e. The number of nitrogens with zero attached hydrogens (tertiary/aromatic N) is 1. The first-order chi connectivity index (χ1) is 7.24. The van der Waals surface area contributed by atoms with Gasteiger partial charge in [-0.2, -0.15) is 0 Å². The number of rotatable bonds is 2. The SMILES string of the molecule is CCC(F)C1COc2ccccc2N1C. The highest BCUT2D eigenvalue weighted by Gasteiger charge is 2.30. The summed E-state index contributed by atoms with van der Waals surface area (Å²) in [7, 11) is 1.92. The molecule has 2 rings (SSSR count). The summed E-state index contributed by atoms with van der Waals surface area (Å²) in [6.45, 7) is 2.29. The van der Waals surface area contributed by atoms with Crippen LogP contribution in [0.2, 0.25) is 0 Å². The smallest absolute Gasteiger partial charge is 0.142 e. The molecule has 1 aliphatic heterocycles. The minimum atomic E-state index is -0.830. The number of benzene rings is 1. The van der Waals surface area contributed by atoms with Gasteiger partial charge in [0, 0.05) is 7.05 Å². The molecule has 3 heteroatoms. The summed E-state index contributed by atoms with van der Waals surface area (Å²) in [5.41, 5.74) is 0.977. The zero-order valence-corrected chi connectivity index (χ0v) is 9.11. The molecule has 0 aromatic heterocycles. The van der Waals surface area contributed by atoms with Crippen molar-refractivity contribution < 1.29 is 9.13 Å². The third-order valence-corrected chi connectivity index (χ3v) is 2.96. The third-order valence-electron chi connectivity index (χ3n) is 2.96. The highest BCUT2D eigenvalue weighted by Crippen LogP contribution is 2.33. The monoisotopic (exact) mass is 209 g/mol. The van der Waals surface area contributed by atoms with Gasteiger partial charge in [0.2, 0.25) is 0 Å². The van der Waals surface area contributed by atoms with Crippen LogP contribution in [0.25, 0.3) is 0 Å². The van der Waals surface area contributed by atoms with Crippen LogP contribution in [0.3, 0.4) is 0 Å². The molecule has 82 valence electrons. The average Bonchev–Trinajstić information content (AvgIpc) is 2.29. The summed E-state index contributed by atoms with van der Waals surface area (Å²) in [5.74, 6) is 0.847. The summed E-state index contributed by atoms with van der Waals surface area (Å²) in [6.07, 6.45) is -0.302. The highest BCUT2D eigenvalue weighted by atomic mass is 19.1. The van der Waals surface area contributed by atoms with Gasteiger partial charge in [0.05, 0.1) is 11.7 Å². The molecule has 0 saturated carbocycles. The van der Waals surface area contributed by atoms with Crippen molar-refractivity contribution in [3.05, 3.63) is 24.3 Å². The second kappa shape index (κ2) is 4.09. The van der Waals surface area contributed by atoms with Crippen molar-refractivity contribution in [3.8, 4) is 5.75 Å². The number of fused-ring (bicyclic) bond motifs is 1. The number of alkyl halides is 1. The van der Waals surface area contributed by atoms with Crippen molar-refractivity contribution in [2.45, 2.75) is 25.6 Å². The first-order valence-corrected chi connectivity index (χ1v) is 5.32. The summed E-state index contributed by atoms with van der Waals surface area (Å²) in [5, 5.41) is 0. The molecule has 15 heavy (non-hydrogen) atoms. The first kappa shape index (κ1) is 10.3. The van der Waals surface area contributed by atoms with E-state index in [2.05, 4.69) is 0 Å². The molecule has 2 atom stereocenters. The number of hydrogen-bond donors (Lipinski definition) is 0. The fourth-order valence-electron chi connectivity index (χ4n) is 1.96. The number of para-hydroxylation sites is 2. The van der Waals surface area contributed by atoms with Crippen molar-refractivity contribution in [2.24, 2.45) is 0 Å². The van der Waals surface area contributed by atoms with Gasteiger partial charge in [-0.15, -0.1) is 0 Å². The number of halogens is 1. The maximum absolute atomic E-state index is 13.6. The van der Waals surface area contributed by atoms with Gasteiger partial charge in [0.25, 0.3) is 0 Å². The molecule has 1 aliphatic rings. The quantitative estimate of drug-likeness (QED) is 0.742. The second-order valence-electron chi connectivity index (χ2n) is 3.88. The Balaban J connectivity index is 2.25. The third kappa shape index (κ3) is 1.78. The van der Waals surface area contributed by atoms with Crippen molar-refractivity contribution in [2.75, 3.05) is 18.6 Å². The van der Waals surface area contributed by atoms with Crippen LogP contribution in [0.1, 0.15) is 13.3 Å². The van der Waals surface area contributed by atoms with Crippen LogP contribution in [-0.2, 0) is 0 Å². The summed E-state index contributed by atoms with van der Waals surface area (Å²) in [6, 6.07) is 7.59. The van der Waals surface area contributed by atoms with Crippen LogP contribution in [-0.4, -0.2) is 25.9 Å². The van der Waals surface area contributed by atoms with E-state index < -0.39 is 6.17 Å². The van der Waals surface area contributed by atoms with E-state index in [1.165, 1.54) is 0 Å². The molecule has 1 aromatic carbocycles. The molecule has 0 bridgehead atoms. The second-order valence-corrected chi connectivity index (χ2v) is 3.88. The van der Waals surface area contributed by atoms with E-state index in [0.29, 0.717) is 13.0 Å². The van der Waals surface area contributed by atoms with Crippen molar-refractivity contribution in [3.63, 3.8) is 0 Å². The van der Waals surface area contributed by atoms with Gasteiger partial charge in [-0.25, -0.2) is 4.39 Å². The van der Waals surface area contributed by atoms with Gasteiger partial charge in [0.15, 0.2) is 0 Å². The fraction of sp³-hybridized carbons (Fsp3) is 0.500. The van der Waals surface area contributed by atoms with E-state index in [9.17, 15) is 4.39 Å². The van der Waals surface area contributed by atoms with E-state index in [1.54, 1.807) is 0 Å². The Morgan fingerprint density at radius 1 is 1.53 bits per heavy atom. The number of hydrogen-bond acceptors (Lipinski definition) is 2. The largest absolute Gasteiger partial charge is 0.489 e. The molecule has 0 radical (unpaired) electrons. The summed E-state index contributed by atoms with van der Waals surface area (Å²) < 4.78 is 19.2. The molecule has 0 saturated heterocycles. The molecule has 0 spiro atoms. The topological polar surface area (TPSA) is 12.5 Å². The lowest BCUT2D eigenvalue weighted by Gasteiger charge is -2.37. The Labute approximate surface area is 89.7 Å². The van der Waals surface area contributed by atoms with Crippen molar-refractivity contribution >= 4 is 5.69 Å². The van der Waals surface area contributed by atoms with E-state index >= 15 is 0 Å². The van der Waals surface area contributed by atoms with Crippen LogP contribution in [0.15, 0.2) is 24.3 Å². The van der Waals surface area contributed by atoms with Crippen LogP contribution < -0.4 is 9.64 Å². The number of anilines is 1. The molecule has 0 N–H and O–H groups in total. The zero-order chi connectivity index (χ0) is 10.8. The molecule has 2 nitrogen and oxygen atoms in total. The van der Waals surface area contributed by atoms with Gasteiger partial charge < -0.3 is 9.64 Å². The Morgan fingerprint density at radius 3 is 3.00 bits per heavy atom. The first-order valence-electron chi connectivity index (χ1n) is 5.32.